The van der Waals surface area contributed by atoms with E-state index in [0.29, 0.717) is 42.2 Å². The van der Waals surface area contributed by atoms with Crippen molar-refractivity contribution in [2.45, 2.75) is 45.9 Å². The second-order valence-corrected chi connectivity index (χ2v) is 9.09. The Kier molecular flexibility index (Phi) is 7.87. The largest absolute Gasteiger partial charge is 0.488 e. The number of rotatable bonds is 7. The lowest BCUT2D eigenvalue weighted by Gasteiger charge is -2.17. The second-order valence-electron chi connectivity index (χ2n) is 8.68. The summed E-state index contributed by atoms with van der Waals surface area (Å²) in [6, 6.07) is 11.3. The molecule has 1 aromatic heterocycles. The van der Waals surface area contributed by atoms with Crippen molar-refractivity contribution in [1.82, 2.24) is 4.98 Å². The van der Waals surface area contributed by atoms with Crippen molar-refractivity contribution in [2.24, 2.45) is 0 Å². The molecule has 0 aliphatic heterocycles. The van der Waals surface area contributed by atoms with Crippen LogP contribution in [0, 0.1) is 12.7 Å². The fourth-order valence-electron chi connectivity index (χ4n) is 4.28. The van der Waals surface area contributed by atoms with E-state index < -0.39 is 29.2 Å². The molecule has 1 aliphatic rings. The lowest BCUT2D eigenvalue weighted by molar-refractivity contribution is -0.137. The molecule has 0 spiro atoms. The smallest absolute Gasteiger partial charge is 0.416 e. The molecule has 3 aromatic rings. The summed E-state index contributed by atoms with van der Waals surface area (Å²) in [4.78, 5) is 16.5. The first kappa shape index (κ1) is 26.7. The number of alkyl halides is 3. The van der Waals surface area contributed by atoms with Crippen LogP contribution in [0.4, 0.5) is 17.6 Å². The maximum Gasteiger partial charge on any atom is 0.416 e. The van der Waals surface area contributed by atoms with Crippen LogP contribution in [0.1, 0.15) is 64.6 Å². The van der Waals surface area contributed by atoms with E-state index in [-0.39, 0.29) is 23.9 Å². The summed E-state index contributed by atoms with van der Waals surface area (Å²) in [5.74, 6) is -0.856. The van der Waals surface area contributed by atoms with Crippen molar-refractivity contribution in [3.63, 3.8) is 0 Å². The molecule has 9 heteroatoms. The summed E-state index contributed by atoms with van der Waals surface area (Å²) >= 11 is 6.14. The zero-order chi connectivity index (χ0) is 26.7. The van der Waals surface area contributed by atoms with E-state index in [1.165, 1.54) is 18.2 Å². The van der Waals surface area contributed by atoms with Crippen molar-refractivity contribution in [3.8, 4) is 5.75 Å². The Morgan fingerprint density at radius 3 is 2.51 bits per heavy atom. The number of aromatic nitrogens is 1. The molecular weight excluding hydrogens is 510 g/mol. The van der Waals surface area contributed by atoms with Crippen LogP contribution in [0.5, 0.6) is 5.75 Å². The third-order valence-corrected chi connectivity index (χ3v) is 6.37. The van der Waals surface area contributed by atoms with E-state index in [1.807, 2.05) is 19.1 Å². The summed E-state index contributed by atoms with van der Waals surface area (Å²) in [6.07, 6.45) is -2.87. The molecule has 1 heterocycles. The van der Waals surface area contributed by atoms with Crippen molar-refractivity contribution >= 4 is 28.7 Å². The lowest BCUT2D eigenvalue weighted by atomic mass is 9.96. The van der Waals surface area contributed by atoms with Gasteiger partial charge in [0.05, 0.1) is 22.9 Å². The normalized spacial score (nSPS) is 13.7. The van der Waals surface area contributed by atoms with Crippen LogP contribution in [0.25, 0.3) is 11.1 Å². The number of esters is 1. The van der Waals surface area contributed by atoms with Gasteiger partial charge in [0.15, 0.2) is 0 Å². The van der Waals surface area contributed by atoms with Gasteiger partial charge in [0, 0.05) is 11.1 Å². The number of hydrogen-bond donors (Lipinski definition) is 0. The minimum atomic E-state index is -4.66. The molecule has 2 aromatic carbocycles. The minimum absolute atomic E-state index is 0.0160. The quantitative estimate of drug-likeness (QED) is 0.228. The number of nitrogens with zero attached hydrogens (tertiary/aromatic N) is 1. The van der Waals surface area contributed by atoms with E-state index >= 15 is 0 Å². The lowest BCUT2D eigenvalue weighted by Crippen LogP contribution is -2.13. The van der Waals surface area contributed by atoms with Gasteiger partial charge >= 0.3 is 12.1 Å². The average Bonchev–Trinajstić information content (AvgIpc) is 3.33. The maximum absolute atomic E-state index is 13.7. The highest BCUT2D eigenvalue weighted by molar-refractivity contribution is 6.31. The number of hydrogen-bond acceptors (Lipinski definition) is 4. The molecular formula is C28H24ClF4NO3. The fraction of sp³-hybridized carbons (Fsp3) is 0.286. The topological polar surface area (TPSA) is 48.4 Å². The van der Waals surface area contributed by atoms with Crippen LogP contribution < -0.4 is 4.74 Å². The van der Waals surface area contributed by atoms with Crippen molar-refractivity contribution < 1.29 is 31.8 Å². The molecule has 0 unspecified atom stereocenters. The zero-order valence-corrected chi connectivity index (χ0v) is 21.0. The van der Waals surface area contributed by atoms with Gasteiger partial charge in [-0.25, -0.2) is 14.2 Å². The van der Waals surface area contributed by atoms with Gasteiger partial charge in [0.2, 0.25) is 0 Å². The Morgan fingerprint density at radius 2 is 1.81 bits per heavy atom. The van der Waals surface area contributed by atoms with Crippen molar-refractivity contribution in [1.29, 1.82) is 0 Å². The summed E-state index contributed by atoms with van der Waals surface area (Å²) < 4.78 is 65.4. The number of benzene rings is 2. The summed E-state index contributed by atoms with van der Waals surface area (Å²) in [6.45, 7) is 3.57. The zero-order valence-electron chi connectivity index (χ0n) is 20.2. The molecule has 0 radical (unpaired) electrons. The molecule has 4 rings (SSSR count). The molecule has 1 aliphatic carbocycles. The van der Waals surface area contributed by atoms with Crippen LogP contribution in [0.3, 0.4) is 0 Å². The summed E-state index contributed by atoms with van der Waals surface area (Å²) in [7, 11) is 0. The Balaban J connectivity index is 1.78. The van der Waals surface area contributed by atoms with Crippen molar-refractivity contribution in [3.05, 3.63) is 93.0 Å². The number of allylic oxidation sites excluding steroid dienone is 2. The van der Waals surface area contributed by atoms with E-state index in [9.17, 15) is 22.4 Å². The first-order chi connectivity index (χ1) is 17.6. The summed E-state index contributed by atoms with van der Waals surface area (Å²) in [5.41, 5.74) is 2.39. The predicted molar refractivity (Wildman–Crippen MR) is 133 cm³/mol. The van der Waals surface area contributed by atoms with Gasteiger partial charge in [0.1, 0.15) is 23.9 Å². The predicted octanol–water partition coefficient (Wildman–Crippen LogP) is 8.05. The van der Waals surface area contributed by atoms with Crippen LogP contribution in [0.15, 0.2) is 48.5 Å². The number of halogens is 5. The standard InChI is InChI=1S/C28H24ClF4NO3/c1-3-36-27(35)25-13-18(28(31,32)33)12-24(34-25)21-6-4-5-20(21)22-11-16(2)7-10-26(22)37-15-17-8-9-19(30)14-23(17)29/h7-14H,3-6,15H2,1-2H3. The van der Waals surface area contributed by atoms with Gasteiger partial charge in [-0.15, -0.1) is 0 Å². The van der Waals surface area contributed by atoms with E-state index in [4.69, 9.17) is 21.1 Å². The molecule has 0 saturated heterocycles. The SMILES string of the molecule is CCOC(=O)c1cc(C(F)(F)F)cc(C2=C(c3cc(C)ccc3OCc3ccc(F)cc3Cl)CCC2)n1. The fourth-order valence-corrected chi connectivity index (χ4v) is 4.50. The molecule has 0 amide bonds. The van der Waals surface area contributed by atoms with Crippen LogP contribution in [-0.2, 0) is 17.5 Å². The number of pyridine rings is 1. The molecule has 0 bridgehead atoms. The van der Waals surface area contributed by atoms with Gasteiger partial charge in [0.25, 0.3) is 0 Å². The van der Waals surface area contributed by atoms with Crippen LogP contribution >= 0.6 is 11.6 Å². The monoisotopic (exact) mass is 533 g/mol. The highest BCUT2D eigenvalue weighted by atomic mass is 35.5. The average molecular weight is 534 g/mol. The number of carbonyl (C=O) groups is 1. The molecule has 0 fully saturated rings. The third-order valence-electron chi connectivity index (χ3n) is 6.02. The van der Waals surface area contributed by atoms with Gasteiger partial charge in [-0.2, -0.15) is 13.2 Å². The van der Waals surface area contributed by atoms with Crippen molar-refractivity contribution in [2.75, 3.05) is 6.61 Å². The first-order valence-corrected chi connectivity index (χ1v) is 12.1. The highest BCUT2D eigenvalue weighted by Crippen LogP contribution is 2.44. The van der Waals surface area contributed by atoms with E-state index in [0.717, 1.165) is 22.8 Å². The second kappa shape index (κ2) is 10.9. The minimum Gasteiger partial charge on any atom is -0.488 e. The molecule has 4 nitrogen and oxygen atoms in total. The third kappa shape index (κ3) is 6.13. The van der Waals surface area contributed by atoms with Gasteiger partial charge < -0.3 is 9.47 Å². The van der Waals surface area contributed by atoms with Gasteiger partial charge in [-0.05, 0) is 80.7 Å². The first-order valence-electron chi connectivity index (χ1n) is 11.7. The van der Waals surface area contributed by atoms with Gasteiger partial charge in [-0.3, -0.25) is 0 Å². The summed E-state index contributed by atoms with van der Waals surface area (Å²) in [5, 5.41) is 0.231. The highest BCUT2D eigenvalue weighted by Gasteiger charge is 2.34. The van der Waals surface area contributed by atoms with E-state index in [1.54, 1.807) is 13.0 Å². The van der Waals surface area contributed by atoms with Gasteiger partial charge in [-0.1, -0.05) is 29.3 Å². The van der Waals surface area contributed by atoms with Crippen LogP contribution in [-0.4, -0.2) is 17.6 Å². The Morgan fingerprint density at radius 1 is 1.05 bits per heavy atom. The molecule has 0 atom stereocenters. The molecule has 194 valence electrons. The van der Waals surface area contributed by atoms with Crippen LogP contribution in [0.2, 0.25) is 5.02 Å². The molecule has 37 heavy (non-hydrogen) atoms. The maximum atomic E-state index is 13.7. The molecule has 0 saturated carbocycles. The number of aryl methyl sites for hydroxylation is 1. The molecule has 0 N–H and O–H groups in total. The number of ether oxygens (including phenoxy) is 2. The Bertz CT molecular complexity index is 1370. The Labute approximate surface area is 216 Å². The Hall–Kier alpha value is -3.39. The van der Waals surface area contributed by atoms with E-state index in [2.05, 4.69) is 4.98 Å². The number of carbonyl (C=O) groups excluding carboxylic acids is 1.